The van der Waals surface area contributed by atoms with E-state index in [-0.39, 0.29) is 24.3 Å². The maximum atomic E-state index is 12.8. The van der Waals surface area contributed by atoms with E-state index in [1.54, 1.807) is 4.90 Å². The lowest BCUT2D eigenvalue weighted by Crippen LogP contribution is -2.53. The fourth-order valence-electron chi connectivity index (χ4n) is 3.96. The van der Waals surface area contributed by atoms with Gasteiger partial charge in [0.15, 0.2) is 0 Å². The van der Waals surface area contributed by atoms with E-state index in [0.717, 1.165) is 31.4 Å². The highest BCUT2D eigenvalue weighted by Crippen LogP contribution is 2.19. The summed E-state index contributed by atoms with van der Waals surface area (Å²) in [4.78, 5) is 29.7. The van der Waals surface area contributed by atoms with Gasteiger partial charge in [-0.2, -0.15) is 0 Å². The zero-order valence-electron chi connectivity index (χ0n) is 16.0. The summed E-state index contributed by atoms with van der Waals surface area (Å²) in [7, 11) is 6.03. The molecule has 3 atom stereocenters. The summed E-state index contributed by atoms with van der Waals surface area (Å²) < 4.78 is 0. The molecule has 0 aromatic heterocycles. The number of amides is 2. The molecule has 0 spiro atoms. The van der Waals surface area contributed by atoms with Gasteiger partial charge >= 0.3 is 0 Å². The van der Waals surface area contributed by atoms with Gasteiger partial charge in [-0.05, 0) is 43.6 Å². The van der Waals surface area contributed by atoms with Gasteiger partial charge in [-0.1, -0.05) is 42.5 Å². The van der Waals surface area contributed by atoms with Crippen LogP contribution in [0, 0.1) is 0 Å². The van der Waals surface area contributed by atoms with Crippen LogP contribution in [0.4, 0.5) is 0 Å². The third-order valence-corrected chi connectivity index (χ3v) is 5.87. The van der Waals surface area contributed by atoms with Gasteiger partial charge in [-0.25, -0.2) is 0 Å². The van der Waals surface area contributed by atoms with Crippen molar-refractivity contribution >= 4 is 36.9 Å². The molecule has 2 heterocycles. The SMILES string of the molecule is [B][C@@H]1CCCN1C(=S)CNC(=O)[C@@H]1CCCN1C(=O)[C@@H](N)Cc1ccccc1. The molecule has 6 nitrogen and oxygen atoms in total. The van der Waals surface area contributed by atoms with Crippen molar-refractivity contribution in [1.82, 2.24) is 15.1 Å². The Morgan fingerprint density at radius 2 is 1.86 bits per heavy atom. The normalized spacial score (nSPS) is 22.9. The van der Waals surface area contributed by atoms with Crippen molar-refractivity contribution < 1.29 is 9.59 Å². The summed E-state index contributed by atoms with van der Waals surface area (Å²) in [5.74, 6) is -0.413. The number of carbonyl (C=O) groups is 2. The summed E-state index contributed by atoms with van der Waals surface area (Å²) >= 11 is 5.41. The fraction of sp³-hybridized carbons (Fsp3) is 0.550. The Morgan fingerprint density at radius 1 is 1.18 bits per heavy atom. The molecule has 2 aliphatic heterocycles. The van der Waals surface area contributed by atoms with Gasteiger partial charge in [-0.15, -0.1) is 0 Å². The molecule has 8 heteroatoms. The van der Waals surface area contributed by atoms with Crippen molar-refractivity contribution in [2.45, 2.75) is 50.1 Å². The molecule has 2 aliphatic rings. The van der Waals surface area contributed by atoms with E-state index >= 15 is 0 Å². The van der Waals surface area contributed by atoms with Crippen LogP contribution in [0.3, 0.4) is 0 Å². The second-order valence-electron chi connectivity index (χ2n) is 7.50. The highest BCUT2D eigenvalue weighted by Gasteiger charge is 2.36. The standard InChI is InChI=1S/C20H27BN4O2S/c21-17-9-5-11-25(17)18(28)13-23-19(26)16-8-4-10-24(16)20(27)15(22)12-14-6-2-1-3-7-14/h1-3,6-7,15-17H,4-5,8-13,22H2,(H,23,26)/t15-,16-,17-/m0/s1. The smallest absolute Gasteiger partial charge is 0.243 e. The third-order valence-electron chi connectivity index (χ3n) is 5.49. The molecule has 148 valence electrons. The van der Waals surface area contributed by atoms with Crippen molar-refractivity contribution in [3.05, 3.63) is 35.9 Å². The van der Waals surface area contributed by atoms with E-state index in [1.165, 1.54) is 0 Å². The van der Waals surface area contributed by atoms with Gasteiger partial charge in [-0.3, -0.25) is 9.59 Å². The highest BCUT2D eigenvalue weighted by molar-refractivity contribution is 7.80. The minimum absolute atomic E-state index is 0.0649. The van der Waals surface area contributed by atoms with E-state index in [0.29, 0.717) is 24.4 Å². The number of likely N-dealkylation sites (tertiary alicyclic amines) is 2. The minimum Gasteiger partial charge on any atom is -0.371 e. The van der Waals surface area contributed by atoms with Crippen molar-refractivity contribution in [3.63, 3.8) is 0 Å². The lowest BCUT2D eigenvalue weighted by atomic mass is 9.94. The van der Waals surface area contributed by atoms with E-state index in [9.17, 15) is 9.59 Å². The monoisotopic (exact) mass is 398 g/mol. The quantitative estimate of drug-likeness (QED) is 0.542. The molecule has 3 rings (SSSR count). The molecule has 2 amide bonds. The van der Waals surface area contributed by atoms with Crippen LogP contribution in [0.5, 0.6) is 0 Å². The number of nitrogens with zero attached hydrogens (tertiary/aromatic N) is 2. The van der Waals surface area contributed by atoms with Gasteiger partial charge in [0.05, 0.1) is 25.4 Å². The molecule has 3 N–H and O–H groups in total. The van der Waals surface area contributed by atoms with Crippen LogP contribution in [0.1, 0.15) is 31.2 Å². The summed E-state index contributed by atoms with van der Waals surface area (Å²) in [6, 6.07) is 8.54. The largest absolute Gasteiger partial charge is 0.371 e. The molecule has 1 aromatic rings. The van der Waals surface area contributed by atoms with Crippen LogP contribution >= 0.6 is 12.2 Å². The number of thiocarbonyl (C=S) groups is 1. The molecule has 2 radical (unpaired) electrons. The van der Waals surface area contributed by atoms with Crippen LogP contribution in [-0.4, -0.2) is 72.1 Å². The molecule has 28 heavy (non-hydrogen) atoms. The Bertz CT molecular complexity index is 717. The number of hydrogen-bond donors (Lipinski definition) is 2. The molecular weight excluding hydrogens is 371 g/mol. The number of hydrogen-bond acceptors (Lipinski definition) is 4. The topological polar surface area (TPSA) is 78.7 Å². The fourth-order valence-corrected chi connectivity index (χ4v) is 4.25. The Labute approximate surface area is 173 Å². The van der Waals surface area contributed by atoms with Crippen molar-refractivity contribution in [3.8, 4) is 0 Å². The van der Waals surface area contributed by atoms with Crippen LogP contribution in [0.2, 0.25) is 0 Å². The van der Waals surface area contributed by atoms with Crippen LogP contribution in [0.25, 0.3) is 0 Å². The zero-order chi connectivity index (χ0) is 20.1. The van der Waals surface area contributed by atoms with Crippen molar-refractivity contribution in [2.75, 3.05) is 19.6 Å². The first-order valence-electron chi connectivity index (χ1n) is 9.90. The maximum absolute atomic E-state index is 12.8. The van der Waals surface area contributed by atoms with Crippen LogP contribution < -0.4 is 11.1 Å². The summed E-state index contributed by atoms with van der Waals surface area (Å²) in [6.45, 7) is 1.66. The maximum Gasteiger partial charge on any atom is 0.243 e. The first-order chi connectivity index (χ1) is 13.5. The Hall–Kier alpha value is -1.93. The number of nitrogens with one attached hydrogen (secondary N) is 1. The first kappa shape index (κ1) is 20.8. The molecule has 0 aliphatic carbocycles. The van der Waals surface area contributed by atoms with Crippen molar-refractivity contribution in [1.29, 1.82) is 0 Å². The summed E-state index contributed by atoms with van der Waals surface area (Å²) in [5, 5.41) is 2.88. The molecule has 0 bridgehead atoms. The van der Waals surface area contributed by atoms with Gasteiger partial charge in [0.1, 0.15) is 6.04 Å². The lowest BCUT2D eigenvalue weighted by Gasteiger charge is -2.28. The molecule has 1 aromatic carbocycles. The third kappa shape index (κ3) is 4.91. The van der Waals surface area contributed by atoms with E-state index in [1.807, 2.05) is 35.2 Å². The number of nitrogens with two attached hydrogens (primary N) is 1. The molecule has 2 fully saturated rings. The van der Waals surface area contributed by atoms with Gasteiger partial charge < -0.3 is 20.9 Å². The van der Waals surface area contributed by atoms with Gasteiger partial charge in [0, 0.05) is 13.1 Å². The van der Waals surface area contributed by atoms with Crippen LogP contribution in [0.15, 0.2) is 30.3 Å². The average molecular weight is 398 g/mol. The predicted octanol–water partition coefficient (Wildman–Crippen LogP) is 0.581. The molecular formula is C20H27BN4O2S. The average Bonchev–Trinajstić information content (AvgIpc) is 3.35. The first-order valence-corrected chi connectivity index (χ1v) is 10.3. The Morgan fingerprint density at radius 3 is 2.54 bits per heavy atom. The molecule has 2 saturated heterocycles. The van der Waals surface area contributed by atoms with Crippen molar-refractivity contribution in [2.24, 2.45) is 5.73 Å². The van der Waals surface area contributed by atoms with E-state index in [2.05, 4.69) is 5.32 Å². The number of carbonyl (C=O) groups excluding carboxylic acids is 2. The van der Waals surface area contributed by atoms with E-state index in [4.69, 9.17) is 25.8 Å². The lowest BCUT2D eigenvalue weighted by molar-refractivity contribution is -0.139. The Balaban J connectivity index is 1.53. The second kappa shape index (κ2) is 9.52. The number of rotatable bonds is 6. The molecule has 0 unspecified atom stereocenters. The number of benzene rings is 1. The Kier molecular flexibility index (Phi) is 7.07. The second-order valence-corrected chi connectivity index (χ2v) is 7.97. The molecule has 0 saturated carbocycles. The zero-order valence-corrected chi connectivity index (χ0v) is 16.9. The highest BCUT2D eigenvalue weighted by atomic mass is 32.1. The van der Waals surface area contributed by atoms with Gasteiger partial charge in [0.2, 0.25) is 11.8 Å². The van der Waals surface area contributed by atoms with E-state index < -0.39 is 12.1 Å². The van der Waals surface area contributed by atoms with Crippen LogP contribution in [-0.2, 0) is 16.0 Å². The van der Waals surface area contributed by atoms with Gasteiger partial charge in [0.25, 0.3) is 0 Å². The predicted molar refractivity (Wildman–Crippen MR) is 114 cm³/mol. The minimum atomic E-state index is -0.653. The summed E-state index contributed by atoms with van der Waals surface area (Å²) in [6.07, 6.45) is 3.83. The summed E-state index contributed by atoms with van der Waals surface area (Å²) in [5.41, 5.74) is 7.16.